The molecule has 2 aromatic carbocycles. The van der Waals surface area contributed by atoms with Crippen LogP contribution in [0.2, 0.25) is 0 Å². The molecule has 5 heteroatoms. The predicted octanol–water partition coefficient (Wildman–Crippen LogP) is 3.61. The van der Waals surface area contributed by atoms with Gasteiger partial charge in [-0.3, -0.25) is 9.59 Å². The van der Waals surface area contributed by atoms with Crippen LogP contribution < -0.4 is 0 Å². The van der Waals surface area contributed by atoms with Crippen LogP contribution in [0.3, 0.4) is 0 Å². The zero-order valence-corrected chi connectivity index (χ0v) is 12.8. The number of fused-ring (bicyclic) bond motifs is 2. The minimum Gasteiger partial charge on any atom is -0.335 e. The number of aromatic nitrogens is 2. The summed E-state index contributed by atoms with van der Waals surface area (Å²) in [4.78, 5) is 32.4. The number of hydrogen-bond donors (Lipinski definition) is 1. The molecule has 0 unspecified atom stereocenters. The number of halogens is 1. The van der Waals surface area contributed by atoms with Crippen molar-refractivity contribution in [3.63, 3.8) is 0 Å². The second-order valence-corrected chi connectivity index (χ2v) is 5.85. The van der Waals surface area contributed by atoms with Gasteiger partial charge in [-0.15, -0.1) is 0 Å². The number of hydrogen-bond acceptors (Lipinski definition) is 3. The third-order valence-corrected chi connectivity index (χ3v) is 4.38. The molecule has 0 saturated carbocycles. The number of carbonyl (C=O) groups is 2. The lowest BCUT2D eigenvalue weighted by Crippen LogP contribution is -2.20. The van der Waals surface area contributed by atoms with Gasteiger partial charge in [0.25, 0.3) is 0 Å². The first kappa shape index (κ1) is 13.2. The molecule has 0 spiro atoms. The van der Waals surface area contributed by atoms with E-state index in [1.807, 2.05) is 24.3 Å². The molecule has 22 heavy (non-hydrogen) atoms. The lowest BCUT2D eigenvalue weighted by Gasteiger charge is -2.11. The normalized spacial score (nSPS) is 13.0. The third-order valence-electron chi connectivity index (χ3n) is 3.69. The molecule has 0 fully saturated rings. The second kappa shape index (κ2) is 4.74. The van der Waals surface area contributed by atoms with Crippen LogP contribution in [0, 0.1) is 0 Å². The van der Waals surface area contributed by atoms with Crippen LogP contribution in [0.1, 0.15) is 32.1 Å². The number of H-pyrrole nitrogens is 1. The Bertz CT molecular complexity index is 891. The summed E-state index contributed by atoms with van der Waals surface area (Å²) in [7, 11) is 0. The highest BCUT2D eigenvalue weighted by Crippen LogP contribution is 2.31. The molecule has 0 atom stereocenters. The van der Waals surface area contributed by atoms with Crippen LogP contribution in [0.4, 0.5) is 0 Å². The number of benzene rings is 2. The van der Waals surface area contributed by atoms with Gasteiger partial charge in [0.1, 0.15) is 17.2 Å². The van der Waals surface area contributed by atoms with Crippen molar-refractivity contribution in [1.29, 1.82) is 0 Å². The molecule has 4 rings (SSSR count). The SMILES string of the molecule is O=C1c2ccccc2C(=O)c2[nH]c(-c3ccccc3Br)nc21. The zero-order chi connectivity index (χ0) is 15.3. The molecule has 4 nitrogen and oxygen atoms in total. The number of nitrogens with zero attached hydrogens (tertiary/aromatic N) is 1. The topological polar surface area (TPSA) is 62.8 Å². The van der Waals surface area contributed by atoms with Crippen molar-refractivity contribution in [2.45, 2.75) is 0 Å². The van der Waals surface area contributed by atoms with Crippen LogP contribution in [-0.4, -0.2) is 21.5 Å². The highest BCUT2D eigenvalue weighted by molar-refractivity contribution is 9.10. The maximum absolute atomic E-state index is 12.5. The summed E-state index contributed by atoms with van der Waals surface area (Å²) in [5.74, 6) is 0.0859. The van der Waals surface area contributed by atoms with Crippen molar-refractivity contribution >= 4 is 27.5 Å². The highest BCUT2D eigenvalue weighted by Gasteiger charge is 2.33. The number of carbonyl (C=O) groups excluding carboxylic acids is 2. The summed E-state index contributed by atoms with van der Waals surface area (Å²) in [6, 6.07) is 14.3. The molecular weight excluding hydrogens is 344 g/mol. The largest absolute Gasteiger partial charge is 0.335 e. The van der Waals surface area contributed by atoms with E-state index in [2.05, 4.69) is 25.9 Å². The fourth-order valence-corrected chi connectivity index (χ4v) is 3.10. The molecule has 0 amide bonds. The Morgan fingerprint density at radius 3 is 2.09 bits per heavy atom. The van der Waals surface area contributed by atoms with Gasteiger partial charge in [0.15, 0.2) is 0 Å². The summed E-state index contributed by atoms with van der Waals surface area (Å²) in [5.41, 5.74) is 2.08. The summed E-state index contributed by atoms with van der Waals surface area (Å²) in [6.45, 7) is 0. The Morgan fingerprint density at radius 1 is 0.818 bits per heavy atom. The molecule has 3 aromatic rings. The van der Waals surface area contributed by atoms with Gasteiger partial charge in [-0.2, -0.15) is 0 Å². The number of imidazole rings is 1. The quantitative estimate of drug-likeness (QED) is 0.569. The molecule has 1 aliphatic rings. The average molecular weight is 353 g/mol. The maximum atomic E-state index is 12.5. The van der Waals surface area contributed by atoms with Gasteiger partial charge in [0, 0.05) is 21.2 Å². The van der Waals surface area contributed by atoms with Crippen molar-refractivity contribution in [3.8, 4) is 11.4 Å². The molecule has 0 radical (unpaired) electrons. The Morgan fingerprint density at radius 2 is 1.41 bits per heavy atom. The Kier molecular flexibility index (Phi) is 2.84. The van der Waals surface area contributed by atoms with Crippen molar-refractivity contribution < 1.29 is 9.59 Å². The fraction of sp³-hybridized carbons (Fsp3) is 0. The summed E-state index contributed by atoms with van der Waals surface area (Å²) >= 11 is 3.45. The van der Waals surface area contributed by atoms with E-state index in [-0.39, 0.29) is 23.0 Å². The molecule has 106 valence electrons. The van der Waals surface area contributed by atoms with Gasteiger partial charge in [-0.25, -0.2) is 4.98 Å². The van der Waals surface area contributed by atoms with Crippen molar-refractivity contribution in [3.05, 3.63) is 75.5 Å². The van der Waals surface area contributed by atoms with Crippen LogP contribution >= 0.6 is 15.9 Å². The van der Waals surface area contributed by atoms with Crippen LogP contribution in [0.5, 0.6) is 0 Å². The van der Waals surface area contributed by atoms with E-state index in [9.17, 15) is 9.59 Å². The first-order valence-electron chi connectivity index (χ1n) is 6.70. The maximum Gasteiger partial charge on any atom is 0.214 e. The van der Waals surface area contributed by atoms with Crippen molar-refractivity contribution in [1.82, 2.24) is 9.97 Å². The first-order valence-corrected chi connectivity index (χ1v) is 7.49. The molecule has 1 aliphatic carbocycles. The monoisotopic (exact) mass is 352 g/mol. The summed E-state index contributed by atoms with van der Waals surface area (Å²) in [5, 5.41) is 0. The second-order valence-electron chi connectivity index (χ2n) is 4.99. The summed E-state index contributed by atoms with van der Waals surface area (Å²) in [6.07, 6.45) is 0. The van der Waals surface area contributed by atoms with Gasteiger partial charge < -0.3 is 4.98 Å². The Labute approximate surface area is 134 Å². The standard InChI is InChI=1S/C17H9BrN2O2/c18-12-8-4-3-7-11(12)17-19-13-14(20-17)16(22)10-6-2-1-5-9(10)15(13)21/h1-8H,(H,19,20). The summed E-state index contributed by atoms with van der Waals surface area (Å²) < 4.78 is 0.846. The van der Waals surface area contributed by atoms with E-state index >= 15 is 0 Å². The van der Waals surface area contributed by atoms with Gasteiger partial charge in [-0.05, 0) is 6.07 Å². The van der Waals surface area contributed by atoms with Crippen molar-refractivity contribution in [2.24, 2.45) is 0 Å². The minimum atomic E-state index is -0.222. The van der Waals surface area contributed by atoms with E-state index in [0.29, 0.717) is 17.0 Å². The van der Waals surface area contributed by atoms with Crippen LogP contribution in [-0.2, 0) is 0 Å². The predicted molar refractivity (Wildman–Crippen MR) is 85.0 cm³/mol. The van der Waals surface area contributed by atoms with Gasteiger partial charge in [0.05, 0.1) is 0 Å². The lowest BCUT2D eigenvalue weighted by molar-refractivity contribution is 0.0974. The van der Waals surface area contributed by atoms with Gasteiger partial charge in [-0.1, -0.05) is 58.4 Å². The first-order chi connectivity index (χ1) is 10.7. The van der Waals surface area contributed by atoms with Gasteiger partial charge >= 0.3 is 0 Å². The smallest absolute Gasteiger partial charge is 0.214 e. The molecule has 1 aromatic heterocycles. The van der Waals surface area contributed by atoms with E-state index < -0.39 is 0 Å². The number of aromatic amines is 1. The average Bonchev–Trinajstić information content (AvgIpc) is 2.98. The third kappa shape index (κ3) is 1.79. The van der Waals surface area contributed by atoms with Crippen molar-refractivity contribution in [2.75, 3.05) is 0 Å². The number of nitrogens with one attached hydrogen (secondary N) is 1. The Hall–Kier alpha value is -2.53. The van der Waals surface area contributed by atoms with Crippen LogP contribution in [0.15, 0.2) is 53.0 Å². The van der Waals surface area contributed by atoms with E-state index in [0.717, 1.165) is 10.0 Å². The molecule has 1 heterocycles. The molecule has 0 bridgehead atoms. The van der Waals surface area contributed by atoms with Gasteiger partial charge in [0.2, 0.25) is 11.6 Å². The number of rotatable bonds is 1. The zero-order valence-electron chi connectivity index (χ0n) is 11.3. The van der Waals surface area contributed by atoms with E-state index in [1.165, 1.54) is 0 Å². The molecule has 0 saturated heterocycles. The molecule has 0 aliphatic heterocycles. The molecular formula is C17H9BrN2O2. The highest BCUT2D eigenvalue weighted by atomic mass is 79.9. The van der Waals surface area contributed by atoms with E-state index in [4.69, 9.17) is 0 Å². The minimum absolute atomic E-state index is 0.189. The fourth-order valence-electron chi connectivity index (χ4n) is 2.62. The molecule has 1 N–H and O–H groups in total. The number of ketones is 2. The van der Waals surface area contributed by atoms with Crippen LogP contribution in [0.25, 0.3) is 11.4 Å². The Balaban J connectivity index is 1.93. The lowest BCUT2D eigenvalue weighted by atomic mass is 9.90. The van der Waals surface area contributed by atoms with E-state index in [1.54, 1.807) is 24.3 Å².